The van der Waals surface area contributed by atoms with E-state index < -0.39 is 194 Å². The molecule has 516 valence electrons. The number of benzene rings is 2. The smallest absolute Gasteiger partial charge is 0.246 e. The Hall–Kier alpha value is -8.66. The molecule has 33 heteroatoms. The van der Waals surface area contributed by atoms with Gasteiger partial charge in [-0.2, -0.15) is 11.8 Å². The van der Waals surface area contributed by atoms with E-state index in [9.17, 15) is 77.6 Å². The van der Waals surface area contributed by atoms with E-state index in [0.29, 0.717) is 33.5 Å². The number of nitrogens with zero attached hydrogens (tertiary/aromatic N) is 2. The van der Waals surface area contributed by atoms with E-state index in [-0.39, 0.29) is 55.6 Å². The highest BCUT2D eigenvalue weighted by Gasteiger charge is 2.46. The quantitative estimate of drug-likeness (QED) is 0.0522. The predicted octanol–water partition coefficient (Wildman–Crippen LogP) is -3.35. The molecule has 5 heterocycles. The fraction of sp³-hybridized carbons (Fsp3) is 0.548. The van der Waals surface area contributed by atoms with Crippen molar-refractivity contribution in [3.8, 4) is 0 Å². The number of hydrogen-bond donors (Lipinski definition) is 15. The number of aromatic amines is 1. The van der Waals surface area contributed by atoms with E-state index in [1.165, 1.54) is 37.7 Å². The lowest BCUT2D eigenvalue weighted by molar-refractivity contribution is -0.144. The summed E-state index contributed by atoms with van der Waals surface area (Å²) in [6.07, 6.45) is -2.70. The van der Waals surface area contributed by atoms with Gasteiger partial charge in [-0.05, 0) is 54.3 Å². The van der Waals surface area contributed by atoms with Crippen molar-refractivity contribution in [3.63, 3.8) is 0 Å². The summed E-state index contributed by atoms with van der Waals surface area (Å²) in [5, 5.41) is 61.1. The van der Waals surface area contributed by atoms with Crippen molar-refractivity contribution in [2.45, 2.75) is 157 Å². The highest BCUT2D eigenvalue weighted by molar-refractivity contribution is 8.00. The zero-order valence-electron chi connectivity index (χ0n) is 53.7. The average molecular weight is 1360 g/mol. The Morgan fingerprint density at radius 1 is 0.737 bits per heavy atom. The molecule has 0 saturated carbocycles. The molecule has 0 radical (unpaired) electrons. The van der Waals surface area contributed by atoms with Crippen LogP contribution in [-0.4, -0.2) is 223 Å². The third kappa shape index (κ3) is 19.3. The molecule has 4 aliphatic heterocycles. The van der Waals surface area contributed by atoms with Crippen LogP contribution in [0, 0.1) is 17.8 Å². The first-order chi connectivity index (χ1) is 45.1. The van der Waals surface area contributed by atoms with Gasteiger partial charge in [0.05, 0.1) is 48.6 Å². The lowest BCUT2D eigenvalue weighted by atomic mass is 9.93. The van der Waals surface area contributed by atoms with Crippen LogP contribution >= 0.6 is 23.5 Å². The molecule has 4 aliphatic rings. The first-order valence-corrected chi connectivity index (χ1v) is 33.6. The van der Waals surface area contributed by atoms with Crippen LogP contribution in [0.4, 0.5) is 5.69 Å². The molecule has 15 N–H and O–H groups in total. The monoisotopic (exact) mass is 1360 g/mol. The first-order valence-electron chi connectivity index (χ1n) is 31.3. The minimum Gasteiger partial charge on any atom is -0.394 e. The van der Waals surface area contributed by atoms with E-state index in [0.717, 1.165) is 21.6 Å². The lowest BCUT2D eigenvalue weighted by Crippen LogP contribution is -2.62. The van der Waals surface area contributed by atoms with Crippen LogP contribution in [0.1, 0.15) is 84.8 Å². The number of H-pyrrole nitrogens is 1. The molecular weight excluding hydrogens is 1280 g/mol. The molecule has 0 spiro atoms. The SMILES string of the molecule is CC[C@H](C)[C@@H]1NC(=O)CNC(=O)[C@H]2Cc3c([nH]c4ccccc34)SC[C@H](NC(=O)CNC1=O)C(=O)NC(CC(=O)NCc1ccc(NC(=O)[C@H](C)NC(=O)C(NC(=O)CCN3C(=O)CC(SC)C3=O)C(C)C)cc1)C(=O)N1C[C@H](O)C[C@H]1C(=O)N[C@@H]([C@@H](C)[C@@H](O)CO)C(=O)N2. The number of anilines is 1. The number of carbonyl (C=O) groups is 14. The molecule has 7 rings (SSSR count). The zero-order valence-corrected chi connectivity index (χ0v) is 55.3. The van der Waals surface area contributed by atoms with Gasteiger partial charge in [-0.15, -0.1) is 11.8 Å². The van der Waals surface area contributed by atoms with Gasteiger partial charge in [0.1, 0.15) is 48.3 Å². The number of likely N-dealkylation sites (tertiary alicyclic amines) is 1. The van der Waals surface area contributed by atoms with Crippen LogP contribution in [-0.2, 0) is 80.1 Å². The topological polar surface area (TPSA) is 454 Å². The molecule has 2 fully saturated rings. The molecule has 95 heavy (non-hydrogen) atoms. The van der Waals surface area contributed by atoms with E-state index in [1.807, 2.05) is 0 Å². The number of para-hydroxylation sites is 1. The Bertz CT molecular complexity index is 3410. The average Bonchev–Trinajstić information content (AvgIpc) is 1.77. The fourth-order valence-corrected chi connectivity index (χ4v) is 12.9. The number of aliphatic hydroxyl groups is 3. The number of amides is 14. The van der Waals surface area contributed by atoms with Crippen molar-refractivity contribution in [1.29, 1.82) is 0 Å². The van der Waals surface area contributed by atoms with Gasteiger partial charge in [-0.1, -0.05) is 71.4 Å². The minimum atomic E-state index is -1.84. The lowest BCUT2D eigenvalue weighted by Gasteiger charge is -2.33. The van der Waals surface area contributed by atoms with Crippen LogP contribution in [0.2, 0.25) is 0 Å². The van der Waals surface area contributed by atoms with Crippen LogP contribution in [0.5, 0.6) is 0 Å². The second kappa shape index (κ2) is 33.6. The number of carbonyl (C=O) groups excluding carboxylic acids is 14. The number of rotatable bonds is 19. The number of fused-ring (bicyclic) bond motifs is 5. The molecule has 14 amide bonds. The number of nitrogens with one attached hydrogen (secondary N) is 12. The van der Waals surface area contributed by atoms with Gasteiger partial charge < -0.3 is 83.7 Å². The largest absolute Gasteiger partial charge is 0.394 e. The van der Waals surface area contributed by atoms with Gasteiger partial charge in [0.2, 0.25) is 82.7 Å². The third-order valence-electron chi connectivity index (χ3n) is 17.1. The van der Waals surface area contributed by atoms with Crippen molar-refractivity contribution in [2.75, 3.05) is 50.1 Å². The van der Waals surface area contributed by atoms with Gasteiger partial charge >= 0.3 is 0 Å². The Labute approximate surface area is 555 Å². The normalized spacial score (nSPS) is 24.5. The minimum absolute atomic E-state index is 0.0409. The third-order valence-corrected chi connectivity index (χ3v) is 19.1. The van der Waals surface area contributed by atoms with Crippen LogP contribution in [0.25, 0.3) is 10.9 Å². The van der Waals surface area contributed by atoms with Gasteiger partial charge in [-0.25, -0.2) is 0 Å². The van der Waals surface area contributed by atoms with E-state index in [1.54, 1.807) is 70.3 Å². The zero-order chi connectivity index (χ0) is 69.5. The van der Waals surface area contributed by atoms with Gasteiger partial charge in [0, 0.05) is 73.6 Å². The predicted molar refractivity (Wildman–Crippen MR) is 345 cm³/mol. The summed E-state index contributed by atoms with van der Waals surface area (Å²) in [6.45, 7) is 6.41. The molecule has 3 aromatic rings. The molecule has 2 saturated heterocycles. The summed E-state index contributed by atoms with van der Waals surface area (Å²) in [5.74, 6) is -13.6. The second-order valence-electron chi connectivity index (χ2n) is 24.3. The van der Waals surface area contributed by atoms with Crippen LogP contribution in [0.3, 0.4) is 0 Å². The summed E-state index contributed by atoms with van der Waals surface area (Å²) in [7, 11) is 0. The Kier molecular flexibility index (Phi) is 26.1. The first kappa shape index (κ1) is 73.7. The molecule has 1 aromatic heterocycles. The second-order valence-corrected chi connectivity index (χ2v) is 26.4. The molecule has 31 nitrogen and oxygen atoms in total. The summed E-state index contributed by atoms with van der Waals surface area (Å²) in [5.41, 5.74) is 1.69. The van der Waals surface area contributed by atoms with Crippen molar-refractivity contribution in [1.82, 2.24) is 68.0 Å². The number of aromatic nitrogens is 1. The Morgan fingerprint density at radius 2 is 1.42 bits per heavy atom. The molecule has 0 aliphatic carbocycles. The molecule has 2 aromatic carbocycles. The molecular formula is C62H84N14O17S2. The van der Waals surface area contributed by atoms with E-state index >= 15 is 4.79 Å². The maximum absolute atomic E-state index is 15.0. The molecule has 2 bridgehead atoms. The molecule has 13 atom stereocenters. The van der Waals surface area contributed by atoms with E-state index in [4.69, 9.17) is 0 Å². The highest BCUT2D eigenvalue weighted by Crippen LogP contribution is 2.32. The maximum atomic E-state index is 15.0. The molecule has 3 unspecified atom stereocenters. The van der Waals surface area contributed by atoms with Gasteiger partial charge in [-0.3, -0.25) is 72.0 Å². The van der Waals surface area contributed by atoms with Gasteiger partial charge in [0.25, 0.3) is 0 Å². The highest BCUT2D eigenvalue weighted by atomic mass is 32.2. The number of hydrogen-bond acceptors (Lipinski definition) is 19. The van der Waals surface area contributed by atoms with E-state index in [2.05, 4.69) is 63.5 Å². The number of aliphatic hydroxyl groups excluding tert-OH is 3. The van der Waals surface area contributed by atoms with Crippen molar-refractivity contribution >= 4 is 123 Å². The maximum Gasteiger partial charge on any atom is 0.246 e. The summed E-state index contributed by atoms with van der Waals surface area (Å²) < 4.78 is 0. The van der Waals surface area contributed by atoms with Gasteiger partial charge in [0.15, 0.2) is 0 Å². The Balaban J connectivity index is 1.13. The van der Waals surface area contributed by atoms with Crippen LogP contribution < -0.4 is 58.5 Å². The van der Waals surface area contributed by atoms with Crippen LogP contribution in [0.15, 0.2) is 53.6 Å². The summed E-state index contributed by atoms with van der Waals surface area (Å²) >= 11 is 2.23. The standard InChI is InChI=1S/C62H84N14O17S2/c1-8-30(4)51-57(89)65-24-47(82)68-41-28-95-60-37(36-11-9-10-12-38(36)71-60)20-39(54(86)64-25-48(83)73-51)69-59(91)52(31(5)43(79)27-77)74-56(88)42-19-35(78)26-76(42)61(92)40(70-55(41)87)21-46(81)63-23-33-13-15-34(16-14-33)67-53(85)32(6)66-58(90)50(29(2)3)72-45(80)17-18-75-49(84)22-44(94-7)62(75)93/h9-16,29-32,35,39-44,50-52,71,77-79H,8,17-28H2,1-7H3,(H,63,81)(H,64,86)(H,65,89)(H,66,90)(H,67,85)(H,68,82)(H,69,91)(H,70,87)(H,72,80)(H,73,83)(H,74,88)/t30-,31-,32-,35+,39+,40?,41-,42-,43-,44?,50?,51-,52-/m0/s1. The summed E-state index contributed by atoms with van der Waals surface area (Å²) in [6, 6.07) is 1.22. The Morgan fingerprint density at radius 3 is 2.08 bits per heavy atom. The van der Waals surface area contributed by atoms with Crippen molar-refractivity contribution in [3.05, 3.63) is 59.7 Å². The van der Waals surface area contributed by atoms with Crippen molar-refractivity contribution in [2.24, 2.45) is 17.8 Å². The number of thioether (sulfide) groups is 2. The van der Waals surface area contributed by atoms with Crippen molar-refractivity contribution < 1.29 is 82.4 Å². The fourth-order valence-electron chi connectivity index (χ4n) is 11.2. The summed E-state index contributed by atoms with van der Waals surface area (Å²) in [4.78, 5) is 199. The number of imide groups is 1.